The minimum atomic E-state index is -0.303. The lowest BCUT2D eigenvalue weighted by Crippen LogP contribution is -2.36. The van der Waals surface area contributed by atoms with Crippen molar-refractivity contribution in [2.24, 2.45) is 0 Å². The van der Waals surface area contributed by atoms with E-state index < -0.39 is 0 Å². The Morgan fingerprint density at radius 1 is 1.20 bits per heavy atom. The predicted molar refractivity (Wildman–Crippen MR) is 160 cm³/mol. The summed E-state index contributed by atoms with van der Waals surface area (Å²) in [6.07, 6.45) is 6.23. The summed E-state index contributed by atoms with van der Waals surface area (Å²) < 4.78 is 13.1. The SMILES string of the molecule is C=CC(=O)Nc1cc(Nc2nccc(-n3cc(CN4CCC4)c(-c4cccs4)n3)n2)c(OC)cc1N1CCOCC1. The highest BCUT2D eigenvalue weighted by molar-refractivity contribution is 7.13. The van der Waals surface area contributed by atoms with Crippen LogP contribution in [0.25, 0.3) is 16.4 Å². The van der Waals surface area contributed by atoms with Crippen LogP contribution in [0.1, 0.15) is 12.0 Å². The lowest BCUT2D eigenvalue weighted by atomic mass is 10.1. The lowest BCUT2D eigenvalue weighted by Gasteiger charge is -2.31. The molecule has 0 radical (unpaired) electrons. The average molecular weight is 573 g/mol. The van der Waals surface area contributed by atoms with E-state index in [-0.39, 0.29) is 5.91 Å². The number of benzene rings is 1. The van der Waals surface area contributed by atoms with E-state index in [0.29, 0.717) is 55.2 Å². The number of carbonyl (C=O) groups is 1. The maximum absolute atomic E-state index is 12.3. The second-order valence-electron chi connectivity index (χ2n) is 9.78. The first-order chi connectivity index (χ1) is 20.1. The molecule has 2 fully saturated rings. The van der Waals surface area contributed by atoms with E-state index in [1.54, 1.807) is 24.6 Å². The van der Waals surface area contributed by atoms with Crippen molar-refractivity contribution in [3.8, 4) is 22.1 Å². The van der Waals surface area contributed by atoms with Crippen LogP contribution in [-0.2, 0) is 16.1 Å². The molecule has 2 saturated heterocycles. The molecule has 1 amide bonds. The van der Waals surface area contributed by atoms with Crippen molar-refractivity contribution in [1.82, 2.24) is 24.6 Å². The van der Waals surface area contributed by atoms with Crippen molar-refractivity contribution < 1.29 is 14.3 Å². The Morgan fingerprint density at radius 3 is 2.76 bits per heavy atom. The van der Waals surface area contributed by atoms with Crippen molar-refractivity contribution in [2.75, 3.05) is 62.0 Å². The molecular formula is C29H32N8O3S. The molecule has 1 aromatic carbocycles. The third-order valence-electron chi connectivity index (χ3n) is 7.12. The number of likely N-dealkylation sites (tertiary alicyclic amines) is 1. The maximum atomic E-state index is 12.3. The maximum Gasteiger partial charge on any atom is 0.247 e. The largest absolute Gasteiger partial charge is 0.494 e. The van der Waals surface area contributed by atoms with Gasteiger partial charge >= 0.3 is 0 Å². The summed E-state index contributed by atoms with van der Waals surface area (Å²) in [5.41, 5.74) is 4.22. The number of rotatable bonds is 10. The molecule has 0 unspecified atom stereocenters. The van der Waals surface area contributed by atoms with Gasteiger partial charge in [-0.1, -0.05) is 12.6 Å². The van der Waals surface area contributed by atoms with Gasteiger partial charge in [0, 0.05) is 49.7 Å². The molecule has 0 bridgehead atoms. The number of morpholine rings is 1. The number of carbonyl (C=O) groups excluding carboxylic acids is 1. The van der Waals surface area contributed by atoms with E-state index in [4.69, 9.17) is 19.6 Å². The van der Waals surface area contributed by atoms with E-state index >= 15 is 0 Å². The fourth-order valence-corrected chi connectivity index (χ4v) is 5.63. The van der Waals surface area contributed by atoms with E-state index in [1.807, 2.05) is 28.9 Å². The average Bonchev–Trinajstić information content (AvgIpc) is 3.66. The lowest BCUT2D eigenvalue weighted by molar-refractivity contribution is -0.111. The minimum absolute atomic E-state index is 0.303. The van der Waals surface area contributed by atoms with Crippen LogP contribution in [0.2, 0.25) is 0 Å². The van der Waals surface area contributed by atoms with Crippen LogP contribution in [0.5, 0.6) is 5.75 Å². The quantitative estimate of drug-likeness (QED) is 0.269. The van der Waals surface area contributed by atoms with Crippen LogP contribution < -0.4 is 20.3 Å². The molecule has 0 atom stereocenters. The summed E-state index contributed by atoms with van der Waals surface area (Å²) >= 11 is 1.68. The topological polar surface area (TPSA) is 110 Å². The first-order valence-corrected chi connectivity index (χ1v) is 14.4. The van der Waals surface area contributed by atoms with Gasteiger partial charge in [-0.05, 0) is 43.1 Å². The van der Waals surface area contributed by atoms with Crippen molar-refractivity contribution in [1.29, 1.82) is 0 Å². The van der Waals surface area contributed by atoms with Gasteiger partial charge < -0.3 is 25.0 Å². The first-order valence-electron chi connectivity index (χ1n) is 13.5. The van der Waals surface area contributed by atoms with E-state index in [0.717, 1.165) is 35.9 Å². The molecule has 0 spiro atoms. The van der Waals surface area contributed by atoms with Crippen LogP contribution in [0, 0.1) is 0 Å². The first kappa shape index (κ1) is 26.9. The molecule has 212 valence electrons. The molecule has 2 aliphatic rings. The van der Waals surface area contributed by atoms with E-state index in [1.165, 1.54) is 18.1 Å². The van der Waals surface area contributed by atoms with E-state index in [9.17, 15) is 4.79 Å². The Labute approximate surface area is 242 Å². The van der Waals surface area contributed by atoms with Crippen molar-refractivity contribution in [3.05, 3.63) is 66.3 Å². The highest BCUT2D eigenvalue weighted by atomic mass is 32.1. The molecule has 12 heteroatoms. The summed E-state index contributed by atoms with van der Waals surface area (Å²) in [4.78, 5) is 27.2. The number of nitrogens with zero attached hydrogens (tertiary/aromatic N) is 6. The summed E-state index contributed by atoms with van der Waals surface area (Å²) in [6.45, 7) is 9.30. The smallest absolute Gasteiger partial charge is 0.247 e. The van der Waals surface area contributed by atoms with Crippen LogP contribution >= 0.6 is 11.3 Å². The molecule has 4 aromatic rings. The Hall–Kier alpha value is -4.26. The van der Waals surface area contributed by atoms with E-state index in [2.05, 4.69) is 49.6 Å². The van der Waals surface area contributed by atoms with Gasteiger partial charge in [0.15, 0.2) is 5.82 Å². The molecule has 41 heavy (non-hydrogen) atoms. The Kier molecular flexibility index (Phi) is 7.94. The standard InChI is InChI=1S/C29H32N8O3S/c1-3-27(38)31-21-16-22(24(39-2)17-23(21)36-11-13-40-14-12-36)32-29-30-8-7-26(33-29)37-19-20(18-35-9-5-10-35)28(34-37)25-6-4-15-41-25/h3-4,6-8,15-17,19H,1,5,9-14,18H2,2H3,(H,31,38)(H,30,32,33). The molecule has 6 rings (SSSR count). The zero-order valence-corrected chi connectivity index (χ0v) is 23.7. The number of hydrogen-bond donors (Lipinski definition) is 2. The number of nitrogens with one attached hydrogen (secondary N) is 2. The highest BCUT2D eigenvalue weighted by Crippen LogP contribution is 2.38. The Morgan fingerprint density at radius 2 is 2.05 bits per heavy atom. The minimum Gasteiger partial charge on any atom is -0.494 e. The van der Waals surface area contributed by atoms with Crippen LogP contribution in [0.4, 0.5) is 23.0 Å². The summed E-state index contributed by atoms with van der Waals surface area (Å²) in [5, 5.41) is 13.2. The van der Waals surface area contributed by atoms with Gasteiger partial charge in [0.2, 0.25) is 11.9 Å². The fourth-order valence-electron chi connectivity index (χ4n) is 4.89. The molecule has 2 N–H and O–H groups in total. The van der Waals surface area contributed by atoms with Crippen LogP contribution in [0.15, 0.2) is 60.8 Å². The highest BCUT2D eigenvalue weighted by Gasteiger charge is 2.22. The van der Waals surface area contributed by atoms with Gasteiger partial charge in [0.1, 0.15) is 11.4 Å². The Bertz CT molecular complexity index is 1530. The monoisotopic (exact) mass is 572 g/mol. The van der Waals surface area contributed by atoms with Gasteiger partial charge in [0.05, 0.1) is 42.3 Å². The van der Waals surface area contributed by atoms with Gasteiger partial charge in [0.25, 0.3) is 0 Å². The summed E-state index contributed by atoms with van der Waals surface area (Å²) in [7, 11) is 1.61. The van der Waals surface area contributed by atoms with Crippen molar-refractivity contribution in [2.45, 2.75) is 13.0 Å². The predicted octanol–water partition coefficient (Wildman–Crippen LogP) is 4.31. The molecular weight excluding hydrogens is 540 g/mol. The number of anilines is 4. The van der Waals surface area contributed by atoms with Gasteiger partial charge in [-0.15, -0.1) is 11.3 Å². The molecule has 0 saturated carbocycles. The van der Waals surface area contributed by atoms with Crippen molar-refractivity contribution >= 4 is 40.3 Å². The third-order valence-corrected chi connectivity index (χ3v) is 8.00. The number of hydrogen-bond acceptors (Lipinski definition) is 10. The summed E-state index contributed by atoms with van der Waals surface area (Å²) in [6, 6.07) is 9.70. The molecule has 5 heterocycles. The normalized spacial score (nSPS) is 15.3. The molecule has 3 aromatic heterocycles. The zero-order valence-electron chi connectivity index (χ0n) is 22.9. The van der Waals surface area contributed by atoms with Crippen molar-refractivity contribution in [3.63, 3.8) is 0 Å². The third kappa shape index (κ3) is 5.94. The summed E-state index contributed by atoms with van der Waals surface area (Å²) in [5.74, 6) is 1.30. The number of amides is 1. The zero-order chi connectivity index (χ0) is 28.2. The van der Waals surface area contributed by atoms with Crippen LogP contribution in [-0.4, -0.2) is 77.1 Å². The van der Waals surface area contributed by atoms with Gasteiger partial charge in [-0.2, -0.15) is 10.1 Å². The molecule has 2 aliphatic heterocycles. The number of thiophene rings is 1. The number of methoxy groups -OCH3 is 1. The Balaban J connectivity index is 1.31. The van der Waals surface area contributed by atoms with Crippen LogP contribution in [0.3, 0.4) is 0 Å². The molecule has 11 nitrogen and oxygen atoms in total. The van der Waals surface area contributed by atoms with Gasteiger partial charge in [-0.3, -0.25) is 9.69 Å². The fraction of sp³-hybridized carbons (Fsp3) is 0.310. The number of ether oxygens (including phenoxy) is 2. The second-order valence-corrected chi connectivity index (χ2v) is 10.7. The number of aromatic nitrogens is 4. The second kappa shape index (κ2) is 12.1. The van der Waals surface area contributed by atoms with Gasteiger partial charge in [-0.25, -0.2) is 9.67 Å². The molecule has 0 aliphatic carbocycles.